The van der Waals surface area contributed by atoms with Crippen molar-refractivity contribution in [2.24, 2.45) is 11.7 Å². The van der Waals surface area contributed by atoms with Gasteiger partial charge in [-0.25, -0.2) is 0 Å². The standard InChI is InChI=1S/C10H11Cl2NO.ClH/c11-6-3-7(9(13)5-1-2-5)10(14)8(12)4-6;/h3-5,9,14H,1-2,13H2;1H/t9-;/m1./s1. The van der Waals surface area contributed by atoms with E-state index in [1.807, 2.05) is 0 Å². The van der Waals surface area contributed by atoms with Crippen molar-refractivity contribution in [3.63, 3.8) is 0 Å². The molecule has 5 heteroatoms. The van der Waals surface area contributed by atoms with E-state index < -0.39 is 0 Å². The Morgan fingerprint density at radius 2 is 1.93 bits per heavy atom. The zero-order valence-electron chi connectivity index (χ0n) is 7.91. The maximum atomic E-state index is 9.70. The minimum Gasteiger partial charge on any atom is -0.506 e. The monoisotopic (exact) mass is 267 g/mol. The lowest BCUT2D eigenvalue weighted by molar-refractivity contribution is 0.456. The summed E-state index contributed by atoms with van der Waals surface area (Å²) < 4.78 is 0. The van der Waals surface area contributed by atoms with Crippen LogP contribution in [0.15, 0.2) is 12.1 Å². The van der Waals surface area contributed by atoms with E-state index in [2.05, 4.69) is 0 Å². The Morgan fingerprint density at radius 1 is 1.33 bits per heavy atom. The number of phenolic OH excluding ortho intramolecular Hbond substituents is 1. The number of aromatic hydroxyl groups is 1. The zero-order valence-corrected chi connectivity index (χ0v) is 10.2. The highest BCUT2D eigenvalue weighted by Gasteiger charge is 2.31. The van der Waals surface area contributed by atoms with Crippen LogP contribution in [0.2, 0.25) is 10.0 Å². The number of benzene rings is 1. The van der Waals surface area contributed by atoms with Gasteiger partial charge in [-0.1, -0.05) is 23.2 Å². The molecular weight excluding hydrogens is 256 g/mol. The molecule has 0 saturated heterocycles. The minimum atomic E-state index is -0.147. The van der Waals surface area contributed by atoms with E-state index in [1.54, 1.807) is 6.07 Å². The van der Waals surface area contributed by atoms with Gasteiger partial charge in [-0.05, 0) is 30.9 Å². The van der Waals surface area contributed by atoms with Crippen LogP contribution in [0.5, 0.6) is 5.75 Å². The number of halogens is 3. The molecule has 15 heavy (non-hydrogen) atoms. The van der Waals surface area contributed by atoms with Gasteiger partial charge in [-0.15, -0.1) is 12.4 Å². The maximum absolute atomic E-state index is 9.70. The van der Waals surface area contributed by atoms with Crippen molar-refractivity contribution in [3.05, 3.63) is 27.7 Å². The van der Waals surface area contributed by atoms with Gasteiger partial charge >= 0.3 is 0 Å². The molecule has 0 unspecified atom stereocenters. The highest BCUT2D eigenvalue weighted by atomic mass is 35.5. The second-order valence-corrected chi connectivity index (χ2v) is 4.53. The molecule has 1 aromatic rings. The van der Waals surface area contributed by atoms with Gasteiger partial charge in [-0.2, -0.15) is 0 Å². The van der Waals surface area contributed by atoms with Crippen molar-refractivity contribution in [2.45, 2.75) is 18.9 Å². The average molecular weight is 269 g/mol. The Morgan fingerprint density at radius 3 is 2.47 bits per heavy atom. The van der Waals surface area contributed by atoms with Crippen molar-refractivity contribution in [3.8, 4) is 5.75 Å². The molecule has 0 amide bonds. The normalized spacial score (nSPS) is 17.0. The maximum Gasteiger partial charge on any atom is 0.139 e. The summed E-state index contributed by atoms with van der Waals surface area (Å²) in [5, 5.41) is 10.5. The SMILES string of the molecule is Cl.N[C@@H](c1cc(Cl)cc(Cl)c1O)C1CC1. The molecule has 0 bridgehead atoms. The van der Waals surface area contributed by atoms with E-state index in [0.717, 1.165) is 12.8 Å². The van der Waals surface area contributed by atoms with Crippen LogP contribution < -0.4 is 5.73 Å². The molecule has 1 fully saturated rings. The van der Waals surface area contributed by atoms with Gasteiger partial charge < -0.3 is 10.8 Å². The summed E-state index contributed by atoms with van der Waals surface area (Å²) in [6.07, 6.45) is 2.23. The Balaban J connectivity index is 0.00000112. The van der Waals surface area contributed by atoms with Crippen LogP contribution in [0.4, 0.5) is 0 Å². The fourth-order valence-corrected chi connectivity index (χ4v) is 2.06. The second kappa shape index (κ2) is 4.79. The van der Waals surface area contributed by atoms with Crippen molar-refractivity contribution >= 4 is 35.6 Å². The van der Waals surface area contributed by atoms with Crippen molar-refractivity contribution in [1.29, 1.82) is 0 Å². The summed E-state index contributed by atoms with van der Waals surface area (Å²) in [6, 6.07) is 3.05. The number of phenols is 1. The predicted octanol–water partition coefficient (Wildman–Crippen LogP) is 3.53. The summed E-state index contributed by atoms with van der Waals surface area (Å²) in [7, 11) is 0. The Hall–Kier alpha value is -0.150. The van der Waals surface area contributed by atoms with Crippen LogP contribution in [0, 0.1) is 5.92 Å². The highest BCUT2D eigenvalue weighted by molar-refractivity contribution is 6.35. The molecule has 1 saturated carbocycles. The third-order valence-electron chi connectivity index (χ3n) is 2.55. The Bertz CT molecular complexity index is 366. The fraction of sp³-hybridized carbons (Fsp3) is 0.400. The summed E-state index contributed by atoms with van der Waals surface area (Å²) in [6.45, 7) is 0. The van der Waals surface area contributed by atoms with Gasteiger partial charge in [0.15, 0.2) is 0 Å². The third kappa shape index (κ3) is 2.70. The van der Waals surface area contributed by atoms with E-state index in [9.17, 15) is 5.11 Å². The zero-order chi connectivity index (χ0) is 10.3. The molecule has 3 N–H and O–H groups in total. The second-order valence-electron chi connectivity index (χ2n) is 3.69. The smallest absolute Gasteiger partial charge is 0.139 e. The van der Waals surface area contributed by atoms with E-state index >= 15 is 0 Å². The lowest BCUT2D eigenvalue weighted by Crippen LogP contribution is -2.12. The van der Waals surface area contributed by atoms with Crippen LogP contribution in [-0.2, 0) is 0 Å². The summed E-state index contributed by atoms with van der Waals surface area (Å²) in [5.41, 5.74) is 6.62. The molecule has 0 aliphatic heterocycles. The summed E-state index contributed by atoms with van der Waals surface area (Å²) in [4.78, 5) is 0. The molecule has 0 aromatic heterocycles. The molecular formula is C10H12Cl3NO. The lowest BCUT2D eigenvalue weighted by atomic mass is 10.0. The fourth-order valence-electron chi connectivity index (χ4n) is 1.55. The van der Waals surface area contributed by atoms with Crippen LogP contribution in [0.1, 0.15) is 24.4 Å². The summed E-state index contributed by atoms with van der Waals surface area (Å²) in [5.74, 6) is 0.533. The van der Waals surface area contributed by atoms with Crippen LogP contribution in [-0.4, -0.2) is 5.11 Å². The van der Waals surface area contributed by atoms with Crippen molar-refractivity contribution in [1.82, 2.24) is 0 Å². The Kier molecular flexibility index (Phi) is 4.13. The molecule has 84 valence electrons. The number of hydrogen-bond donors (Lipinski definition) is 2. The molecule has 0 heterocycles. The van der Waals surface area contributed by atoms with E-state index in [0.29, 0.717) is 16.5 Å². The van der Waals surface area contributed by atoms with E-state index in [-0.39, 0.29) is 29.2 Å². The van der Waals surface area contributed by atoms with E-state index in [1.165, 1.54) is 6.07 Å². The van der Waals surface area contributed by atoms with Gasteiger partial charge in [0, 0.05) is 16.6 Å². The average Bonchev–Trinajstić information content (AvgIpc) is 2.93. The number of nitrogens with two attached hydrogens (primary N) is 1. The lowest BCUT2D eigenvalue weighted by Gasteiger charge is -2.13. The molecule has 0 spiro atoms. The quantitative estimate of drug-likeness (QED) is 0.862. The summed E-state index contributed by atoms with van der Waals surface area (Å²) >= 11 is 11.6. The van der Waals surface area contributed by atoms with Crippen LogP contribution in [0.25, 0.3) is 0 Å². The molecule has 1 aliphatic carbocycles. The first-order chi connectivity index (χ1) is 6.59. The number of hydrogen-bond acceptors (Lipinski definition) is 2. The number of rotatable bonds is 2. The minimum absolute atomic E-state index is 0. The first-order valence-electron chi connectivity index (χ1n) is 4.53. The van der Waals surface area contributed by atoms with Crippen LogP contribution in [0.3, 0.4) is 0 Å². The van der Waals surface area contributed by atoms with Crippen LogP contribution >= 0.6 is 35.6 Å². The topological polar surface area (TPSA) is 46.2 Å². The first kappa shape index (κ1) is 12.9. The molecule has 2 rings (SSSR count). The highest BCUT2D eigenvalue weighted by Crippen LogP contribution is 2.44. The largest absolute Gasteiger partial charge is 0.506 e. The van der Waals surface area contributed by atoms with Gasteiger partial charge in [0.2, 0.25) is 0 Å². The van der Waals surface area contributed by atoms with Gasteiger partial charge in [0.25, 0.3) is 0 Å². The molecule has 1 aromatic carbocycles. The first-order valence-corrected chi connectivity index (χ1v) is 5.28. The third-order valence-corrected chi connectivity index (χ3v) is 3.05. The molecule has 1 atom stereocenters. The Labute approximate surface area is 105 Å². The molecule has 2 nitrogen and oxygen atoms in total. The molecule has 1 aliphatic rings. The van der Waals surface area contributed by atoms with Crippen molar-refractivity contribution < 1.29 is 5.11 Å². The van der Waals surface area contributed by atoms with Gasteiger partial charge in [0.05, 0.1) is 5.02 Å². The van der Waals surface area contributed by atoms with Gasteiger partial charge in [-0.3, -0.25) is 0 Å². The van der Waals surface area contributed by atoms with Gasteiger partial charge in [0.1, 0.15) is 5.75 Å². The van der Waals surface area contributed by atoms with E-state index in [4.69, 9.17) is 28.9 Å². The predicted molar refractivity (Wildman–Crippen MR) is 65.0 cm³/mol. The van der Waals surface area contributed by atoms with Crippen molar-refractivity contribution in [2.75, 3.05) is 0 Å². The molecule has 0 radical (unpaired) electrons.